The summed E-state index contributed by atoms with van der Waals surface area (Å²) in [6, 6.07) is 6.75. The van der Waals surface area contributed by atoms with Crippen LogP contribution < -0.4 is 10.3 Å². The number of pyridine rings is 2. The van der Waals surface area contributed by atoms with Crippen molar-refractivity contribution in [2.75, 3.05) is 13.1 Å². The van der Waals surface area contributed by atoms with Crippen LogP contribution in [0.4, 0.5) is 0 Å². The number of carbonyl (C=O) groups excluding carboxylic acids is 1. The molecule has 24 heavy (non-hydrogen) atoms. The second kappa shape index (κ2) is 7.05. The summed E-state index contributed by atoms with van der Waals surface area (Å²) in [5.74, 6) is 0.186. The average molecular weight is 348 g/mol. The molecule has 2 aromatic heterocycles. The molecule has 0 radical (unpaired) electrons. The number of likely N-dealkylation sites (tertiary alicyclic amines) is 1. The molecule has 0 atom stereocenters. The Hall–Kier alpha value is -2.34. The Labute approximate surface area is 144 Å². The highest BCUT2D eigenvalue weighted by Gasteiger charge is 2.26. The Morgan fingerprint density at radius 1 is 1.29 bits per heavy atom. The summed E-state index contributed by atoms with van der Waals surface area (Å²) in [6.45, 7) is 1.07. The standard InChI is InChI=1S/C17H18ClN3O3/c1-20-9-3-4-13(16(20)22)17(23)21-10-6-12(7-11-21)24-15-14(18)5-2-8-19-15/h2-5,8-9,12H,6-7,10-11H2,1H3. The molecule has 0 aromatic carbocycles. The molecule has 1 saturated heterocycles. The van der Waals surface area contributed by atoms with Gasteiger partial charge in [0.2, 0.25) is 5.88 Å². The predicted octanol–water partition coefficient (Wildman–Crippen LogP) is 2.12. The van der Waals surface area contributed by atoms with Gasteiger partial charge in [-0.1, -0.05) is 11.6 Å². The first-order valence-corrected chi connectivity index (χ1v) is 8.16. The van der Waals surface area contributed by atoms with Gasteiger partial charge in [0.05, 0.1) is 0 Å². The molecular weight excluding hydrogens is 330 g/mol. The van der Waals surface area contributed by atoms with E-state index in [4.69, 9.17) is 16.3 Å². The quantitative estimate of drug-likeness (QED) is 0.853. The minimum absolute atomic E-state index is 0.0416. The average Bonchev–Trinajstić information content (AvgIpc) is 2.59. The minimum atomic E-state index is -0.277. The van der Waals surface area contributed by atoms with Gasteiger partial charge in [0.25, 0.3) is 11.5 Å². The molecule has 0 unspecified atom stereocenters. The number of amides is 1. The molecule has 0 saturated carbocycles. The molecule has 1 aliphatic heterocycles. The van der Waals surface area contributed by atoms with Gasteiger partial charge in [0.15, 0.2) is 0 Å². The largest absolute Gasteiger partial charge is 0.473 e. The molecule has 0 spiro atoms. The van der Waals surface area contributed by atoms with Gasteiger partial charge in [-0.05, 0) is 24.3 Å². The van der Waals surface area contributed by atoms with Gasteiger partial charge in [-0.25, -0.2) is 4.98 Å². The van der Waals surface area contributed by atoms with Crippen molar-refractivity contribution in [3.63, 3.8) is 0 Å². The summed E-state index contributed by atoms with van der Waals surface area (Å²) in [6.07, 6.45) is 4.57. The summed E-state index contributed by atoms with van der Waals surface area (Å²) in [4.78, 5) is 30.4. The highest BCUT2D eigenvalue weighted by atomic mass is 35.5. The lowest BCUT2D eigenvalue weighted by molar-refractivity contribution is 0.0586. The van der Waals surface area contributed by atoms with E-state index in [0.717, 1.165) is 0 Å². The van der Waals surface area contributed by atoms with Crippen molar-refractivity contribution in [1.82, 2.24) is 14.5 Å². The van der Waals surface area contributed by atoms with E-state index in [9.17, 15) is 9.59 Å². The molecule has 0 aliphatic carbocycles. The van der Waals surface area contributed by atoms with Crippen molar-refractivity contribution in [3.8, 4) is 5.88 Å². The summed E-state index contributed by atoms with van der Waals surface area (Å²) in [5, 5.41) is 0.476. The van der Waals surface area contributed by atoms with E-state index >= 15 is 0 Å². The number of aryl methyl sites for hydroxylation is 1. The van der Waals surface area contributed by atoms with E-state index in [1.54, 1.807) is 48.6 Å². The molecule has 126 valence electrons. The molecule has 6 nitrogen and oxygen atoms in total. The fourth-order valence-corrected chi connectivity index (χ4v) is 2.89. The van der Waals surface area contributed by atoms with Crippen LogP contribution in [0.15, 0.2) is 41.5 Å². The monoisotopic (exact) mass is 347 g/mol. The van der Waals surface area contributed by atoms with Crippen molar-refractivity contribution in [2.45, 2.75) is 18.9 Å². The topological polar surface area (TPSA) is 64.4 Å². The van der Waals surface area contributed by atoms with Crippen LogP contribution in [0, 0.1) is 0 Å². The number of carbonyl (C=O) groups is 1. The minimum Gasteiger partial charge on any atom is -0.473 e. The SMILES string of the molecule is Cn1cccc(C(=O)N2CCC(Oc3ncccc3Cl)CC2)c1=O. The van der Waals surface area contributed by atoms with Crippen molar-refractivity contribution in [3.05, 3.63) is 57.6 Å². The van der Waals surface area contributed by atoms with Gasteiger partial charge in [-0.3, -0.25) is 9.59 Å². The number of piperidine rings is 1. The third kappa shape index (κ3) is 3.43. The lowest BCUT2D eigenvalue weighted by Gasteiger charge is -2.32. The van der Waals surface area contributed by atoms with E-state index in [1.807, 2.05) is 0 Å². The van der Waals surface area contributed by atoms with Crippen molar-refractivity contribution in [1.29, 1.82) is 0 Å². The first-order valence-electron chi connectivity index (χ1n) is 7.78. The fraction of sp³-hybridized carbons (Fsp3) is 0.353. The van der Waals surface area contributed by atoms with Crippen molar-refractivity contribution in [2.24, 2.45) is 7.05 Å². The van der Waals surface area contributed by atoms with Crippen LogP contribution in [0.25, 0.3) is 0 Å². The number of hydrogen-bond donors (Lipinski definition) is 0. The van der Waals surface area contributed by atoms with Crippen molar-refractivity contribution >= 4 is 17.5 Å². The van der Waals surface area contributed by atoms with Crippen LogP contribution in [0.2, 0.25) is 5.02 Å². The van der Waals surface area contributed by atoms with E-state index in [0.29, 0.717) is 36.8 Å². The number of hydrogen-bond acceptors (Lipinski definition) is 4. The van der Waals surface area contributed by atoms with Gasteiger partial charge < -0.3 is 14.2 Å². The lowest BCUT2D eigenvalue weighted by atomic mass is 10.1. The Balaban J connectivity index is 1.63. The highest BCUT2D eigenvalue weighted by molar-refractivity contribution is 6.31. The number of rotatable bonds is 3. The van der Waals surface area contributed by atoms with Crippen LogP contribution in [-0.4, -0.2) is 39.6 Å². The zero-order chi connectivity index (χ0) is 17.1. The van der Waals surface area contributed by atoms with Gasteiger partial charge in [-0.2, -0.15) is 0 Å². The van der Waals surface area contributed by atoms with E-state index in [1.165, 1.54) is 4.57 Å². The molecular formula is C17H18ClN3O3. The zero-order valence-corrected chi connectivity index (χ0v) is 14.1. The second-order valence-corrected chi connectivity index (χ2v) is 6.14. The normalized spacial score (nSPS) is 15.3. The third-order valence-corrected chi connectivity index (χ3v) is 4.37. The lowest BCUT2D eigenvalue weighted by Crippen LogP contribution is -2.43. The van der Waals surface area contributed by atoms with Crippen LogP contribution in [0.5, 0.6) is 5.88 Å². The molecule has 1 amide bonds. The Kier molecular flexibility index (Phi) is 4.85. The van der Waals surface area contributed by atoms with Gasteiger partial charge in [0.1, 0.15) is 16.7 Å². The number of aromatic nitrogens is 2. The molecule has 0 N–H and O–H groups in total. The molecule has 1 fully saturated rings. The Morgan fingerprint density at radius 2 is 2.04 bits per heavy atom. The van der Waals surface area contributed by atoms with Gasteiger partial charge in [-0.15, -0.1) is 0 Å². The maximum atomic E-state index is 12.5. The molecule has 0 bridgehead atoms. The first-order chi connectivity index (χ1) is 11.6. The van der Waals surface area contributed by atoms with Crippen LogP contribution in [0.1, 0.15) is 23.2 Å². The second-order valence-electron chi connectivity index (χ2n) is 5.74. The first kappa shape index (κ1) is 16.5. The molecule has 3 heterocycles. The number of ether oxygens (including phenoxy) is 1. The van der Waals surface area contributed by atoms with E-state index < -0.39 is 0 Å². The molecule has 7 heteroatoms. The summed E-state index contributed by atoms with van der Waals surface area (Å²) in [5.41, 5.74) is -0.0757. The Morgan fingerprint density at radius 3 is 2.75 bits per heavy atom. The highest BCUT2D eigenvalue weighted by Crippen LogP contribution is 2.24. The predicted molar refractivity (Wildman–Crippen MR) is 90.5 cm³/mol. The molecule has 1 aliphatic rings. The number of halogens is 1. The number of nitrogens with zero attached hydrogens (tertiary/aromatic N) is 3. The smallest absolute Gasteiger partial charge is 0.263 e. The van der Waals surface area contributed by atoms with E-state index in [-0.39, 0.29) is 23.1 Å². The maximum Gasteiger partial charge on any atom is 0.263 e. The van der Waals surface area contributed by atoms with Crippen molar-refractivity contribution < 1.29 is 9.53 Å². The summed E-state index contributed by atoms with van der Waals surface area (Å²) in [7, 11) is 1.63. The van der Waals surface area contributed by atoms with Gasteiger partial charge in [0, 0.05) is 45.4 Å². The molecule has 2 aromatic rings. The fourth-order valence-electron chi connectivity index (χ4n) is 2.72. The van der Waals surface area contributed by atoms with E-state index in [2.05, 4.69) is 4.98 Å². The van der Waals surface area contributed by atoms with Crippen LogP contribution in [-0.2, 0) is 7.05 Å². The summed E-state index contributed by atoms with van der Waals surface area (Å²) < 4.78 is 7.22. The van der Waals surface area contributed by atoms with Gasteiger partial charge >= 0.3 is 0 Å². The Bertz CT molecular complexity index is 798. The maximum absolute atomic E-state index is 12.5. The van der Waals surface area contributed by atoms with Crippen LogP contribution in [0.3, 0.4) is 0 Å². The molecule has 3 rings (SSSR count). The third-order valence-electron chi connectivity index (χ3n) is 4.09. The zero-order valence-electron chi connectivity index (χ0n) is 13.3. The summed E-state index contributed by atoms with van der Waals surface area (Å²) >= 11 is 6.05. The van der Waals surface area contributed by atoms with Crippen LogP contribution >= 0.6 is 11.6 Å².